The molecule has 1 atom stereocenters. The van der Waals surface area contributed by atoms with Crippen LogP contribution < -0.4 is 5.32 Å². The van der Waals surface area contributed by atoms with Crippen LogP contribution in [0.4, 0.5) is 0 Å². The molecular formula is C18H18N4O2S. The molecule has 0 spiro atoms. The van der Waals surface area contributed by atoms with E-state index in [-0.39, 0.29) is 11.2 Å². The Bertz CT molecular complexity index is 896. The average Bonchev–Trinajstić information content (AvgIpc) is 3.25. The summed E-state index contributed by atoms with van der Waals surface area (Å²) in [6.45, 7) is 2.76. The van der Waals surface area contributed by atoms with Crippen LogP contribution in [-0.4, -0.2) is 20.7 Å². The number of para-hydroxylation sites is 2. The Balaban J connectivity index is 1.72. The second kappa shape index (κ2) is 7.90. The number of rotatable bonds is 7. The molecule has 0 aliphatic carbocycles. The number of benzene rings is 1. The molecule has 1 N–H and O–H groups in total. The monoisotopic (exact) mass is 354 g/mol. The normalized spacial score (nSPS) is 12.0. The number of nitrogens with zero attached hydrogens (tertiary/aromatic N) is 3. The summed E-state index contributed by atoms with van der Waals surface area (Å²) in [4.78, 5) is 16.9. The summed E-state index contributed by atoms with van der Waals surface area (Å²) in [7, 11) is 0. The van der Waals surface area contributed by atoms with Crippen LogP contribution in [0.1, 0.15) is 19.1 Å². The number of furan rings is 1. The smallest absolute Gasteiger partial charge is 0.233 e. The first-order valence-electron chi connectivity index (χ1n) is 7.98. The fourth-order valence-electron chi connectivity index (χ4n) is 2.46. The summed E-state index contributed by atoms with van der Waals surface area (Å²) in [5.74, 6) is 0.632. The minimum absolute atomic E-state index is 0.0831. The standard InChI is InChI=1S/C18H18N4O2S/c1-13(17(23)20-12-14-6-4-11-24-14)25-18-21-15-7-2-3-8-16(15)22(18)10-5-9-19/h2-4,6-8,11,13H,5,10,12H2,1H3,(H,20,23)/t13-/m0/s1. The van der Waals surface area contributed by atoms with Crippen LogP contribution in [-0.2, 0) is 17.9 Å². The van der Waals surface area contributed by atoms with E-state index in [2.05, 4.69) is 16.4 Å². The molecule has 0 aliphatic rings. The van der Waals surface area contributed by atoms with Gasteiger partial charge in [-0.05, 0) is 31.2 Å². The molecule has 0 saturated heterocycles. The number of fused-ring (bicyclic) bond motifs is 1. The van der Waals surface area contributed by atoms with E-state index in [1.807, 2.05) is 41.8 Å². The molecule has 0 bridgehead atoms. The molecule has 0 fully saturated rings. The lowest BCUT2D eigenvalue weighted by atomic mass is 10.3. The Morgan fingerprint density at radius 3 is 3.00 bits per heavy atom. The van der Waals surface area contributed by atoms with E-state index in [0.29, 0.717) is 25.3 Å². The van der Waals surface area contributed by atoms with Gasteiger partial charge in [0.05, 0.1) is 41.6 Å². The quantitative estimate of drug-likeness (QED) is 0.658. The highest BCUT2D eigenvalue weighted by Crippen LogP contribution is 2.27. The molecule has 0 aliphatic heterocycles. The molecule has 0 saturated carbocycles. The van der Waals surface area contributed by atoms with E-state index in [0.717, 1.165) is 16.2 Å². The van der Waals surface area contributed by atoms with Gasteiger partial charge in [0, 0.05) is 6.54 Å². The lowest BCUT2D eigenvalue weighted by Crippen LogP contribution is -2.30. The van der Waals surface area contributed by atoms with Crippen LogP contribution in [0.25, 0.3) is 11.0 Å². The first kappa shape index (κ1) is 17.1. The Morgan fingerprint density at radius 1 is 1.40 bits per heavy atom. The number of aryl methyl sites for hydroxylation is 1. The van der Waals surface area contributed by atoms with E-state index >= 15 is 0 Å². The van der Waals surface area contributed by atoms with Crippen LogP contribution in [0.5, 0.6) is 0 Å². The second-order valence-electron chi connectivity index (χ2n) is 5.50. The number of carbonyl (C=O) groups excluding carboxylic acids is 1. The third-order valence-electron chi connectivity index (χ3n) is 3.74. The molecule has 3 rings (SSSR count). The van der Waals surface area contributed by atoms with E-state index in [9.17, 15) is 4.79 Å². The van der Waals surface area contributed by atoms with Crippen LogP contribution in [0.15, 0.2) is 52.2 Å². The third-order valence-corrected chi connectivity index (χ3v) is 4.83. The molecule has 1 amide bonds. The molecular weight excluding hydrogens is 336 g/mol. The fraction of sp³-hybridized carbons (Fsp3) is 0.278. The number of aromatic nitrogens is 2. The Kier molecular flexibility index (Phi) is 5.41. The fourth-order valence-corrected chi connectivity index (χ4v) is 3.44. The summed E-state index contributed by atoms with van der Waals surface area (Å²) in [5, 5.41) is 12.2. The molecule has 1 aromatic carbocycles. The summed E-state index contributed by atoms with van der Waals surface area (Å²) in [6, 6.07) is 13.6. The van der Waals surface area contributed by atoms with Crippen molar-refractivity contribution in [2.24, 2.45) is 0 Å². The zero-order valence-corrected chi connectivity index (χ0v) is 14.6. The highest BCUT2D eigenvalue weighted by Gasteiger charge is 2.19. The SMILES string of the molecule is C[C@H](Sc1nc2ccccc2n1CCC#N)C(=O)NCc1ccco1. The predicted octanol–water partition coefficient (Wildman–Crippen LogP) is 3.34. The number of amides is 1. The number of hydrogen-bond acceptors (Lipinski definition) is 5. The van der Waals surface area contributed by atoms with Crippen molar-refractivity contribution < 1.29 is 9.21 Å². The summed E-state index contributed by atoms with van der Waals surface area (Å²) < 4.78 is 7.22. The summed E-state index contributed by atoms with van der Waals surface area (Å²) in [6.07, 6.45) is 1.98. The minimum Gasteiger partial charge on any atom is -0.467 e. The van der Waals surface area contributed by atoms with Gasteiger partial charge in [-0.1, -0.05) is 23.9 Å². The molecule has 6 nitrogen and oxygen atoms in total. The van der Waals surface area contributed by atoms with Crippen LogP contribution in [0, 0.1) is 11.3 Å². The van der Waals surface area contributed by atoms with Gasteiger partial charge in [-0.2, -0.15) is 5.26 Å². The number of hydrogen-bond donors (Lipinski definition) is 1. The van der Waals surface area contributed by atoms with Gasteiger partial charge in [-0.25, -0.2) is 4.98 Å². The number of carbonyl (C=O) groups is 1. The van der Waals surface area contributed by atoms with Crippen molar-refractivity contribution in [1.82, 2.24) is 14.9 Å². The van der Waals surface area contributed by atoms with Gasteiger partial charge in [0.15, 0.2) is 5.16 Å². The first-order valence-corrected chi connectivity index (χ1v) is 8.86. The van der Waals surface area contributed by atoms with Gasteiger partial charge in [0.25, 0.3) is 0 Å². The average molecular weight is 354 g/mol. The van der Waals surface area contributed by atoms with Crippen molar-refractivity contribution in [1.29, 1.82) is 5.26 Å². The minimum atomic E-state index is -0.312. The molecule has 0 radical (unpaired) electrons. The third kappa shape index (κ3) is 4.03. The van der Waals surface area contributed by atoms with Crippen molar-refractivity contribution >= 4 is 28.7 Å². The van der Waals surface area contributed by atoms with Crippen LogP contribution >= 0.6 is 11.8 Å². The van der Waals surface area contributed by atoms with Crippen LogP contribution in [0.2, 0.25) is 0 Å². The van der Waals surface area contributed by atoms with E-state index in [4.69, 9.17) is 9.68 Å². The van der Waals surface area contributed by atoms with Crippen LogP contribution in [0.3, 0.4) is 0 Å². The van der Waals surface area contributed by atoms with Crippen molar-refractivity contribution in [2.45, 2.75) is 36.8 Å². The van der Waals surface area contributed by atoms with Gasteiger partial charge in [0.2, 0.25) is 5.91 Å². The Labute approximate surface area is 149 Å². The van der Waals surface area contributed by atoms with Crippen molar-refractivity contribution in [3.63, 3.8) is 0 Å². The van der Waals surface area contributed by atoms with Gasteiger partial charge in [-0.15, -0.1) is 0 Å². The second-order valence-corrected chi connectivity index (χ2v) is 6.81. The van der Waals surface area contributed by atoms with Crippen molar-refractivity contribution in [2.75, 3.05) is 0 Å². The number of nitriles is 1. The largest absolute Gasteiger partial charge is 0.467 e. The molecule has 25 heavy (non-hydrogen) atoms. The highest BCUT2D eigenvalue weighted by molar-refractivity contribution is 8.00. The predicted molar refractivity (Wildman–Crippen MR) is 95.8 cm³/mol. The maximum atomic E-state index is 12.3. The first-order chi connectivity index (χ1) is 12.2. The van der Waals surface area contributed by atoms with E-state index in [1.54, 1.807) is 12.3 Å². The molecule has 0 unspecified atom stereocenters. The van der Waals surface area contributed by atoms with Gasteiger partial charge >= 0.3 is 0 Å². The molecule has 128 valence electrons. The maximum absolute atomic E-state index is 12.3. The Hall–Kier alpha value is -2.72. The molecule has 7 heteroatoms. The van der Waals surface area contributed by atoms with Crippen molar-refractivity contribution in [3.05, 3.63) is 48.4 Å². The molecule has 2 aromatic heterocycles. The molecule has 2 heterocycles. The topological polar surface area (TPSA) is 83.8 Å². The van der Waals surface area contributed by atoms with Gasteiger partial charge in [0.1, 0.15) is 5.76 Å². The number of nitrogens with one attached hydrogen (secondary N) is 1. The maximum Gasteiger partial charge on any atom is 0.233 e. The number of thioether (sulfide) groups is 1. The summed E-state index contributed by atoms with van der Waals surface area (Å²) >= 11 is 1.39. The zero-order chi connectivity index (χ0) is 17.6. The van der Waals surface area contributed by atoms with E-state index in [1.165, 1.54) is 11.8 Å². The van der Waals surface area contributed by atoms with Gasteiger partial charge < -0.3 is 14.3 Å². The zero-order valence-electron chi connectivity index (χ0n) is 13.8. The number of imidazole rings is 1. The Morgan fingerprint density at radius 2 is 2.24 bits per heavy atom. The van der Waals surface area contributed by atoms with Gasteiger partial charge in [-0.3, -0.25) is 4.79 Å². The lowest BCUT2D eigenvalue weighted by molar-refractivity contribution is -0.120. The van der Waals surface area contributed by atoms with E-state index < -0.39 is 0 Å². The molecule has 3 aromatic rings. The summed E-state index contributed by atoms with van der Waals surface area (Å²) in [5.41, 5.74) is 1.84. The highest BCUT2D eigenvalue weighted by atomic mass is 32.2. The van der Waals surface area contributed by atoms with Crippen molar-refractivity contribution in [3.8, 4) is 6.07 Å². The lowest BCUT2D eigenvalue weighted by Gasteiger charge is -2.12.